The summed E-state index contributed by atoms with van der Waals surface area (Å²) in [5, 5.41) is 0. The van der Waals surface area contributed by atoms with Crippen molar-refractivity contribution in [1.29, 1.82) is 0 Å². The van der Waals surface area contributed by atoms with E-state index in [1.54, 1.807) is 0 Å². The second-order valence-electron chi connectivity index (χ2n) is 18.0. The van der Waals surface area contributed by atoms with Crippen LogP contribution in [0.2, 0.25) is 0 Å². The first-order chi connectivity index (χ1) is 32.4. The molecule has 7 aromatic rings. The summed E-state index contributed by atoms with van der Waals surface area (Å²) in [6.45, 7) is 20.5. The van der Waals surface area contributed by atoms with Gasteiger partial charge >= 0.3 is 0 Å². The second-order valence-corrected chi connectivity index (χ2v) is 21.3. The number of anilines is 3. The van der Waals surface area contributed by atoms with Crippen LogP contribution in [0.1, 0.15) is 119 Å². The van der Waals surface area contributed by atoms with Gasteiger partial charge in [0.1, 0.15) is 0 Å². The Balaban J connectivity index is 1.19. The lowest BCUT2D eigenvalue weighted by Gasteiger charge is -2.24. The molecule has 0 bridgehead atoms. The number of nitrogens with zero attached hydrogens (tertiary/aromatic N) is 3. The fourth-order valence-electron chi connectivity index (χ4n) is 8.71. The van der Waals surface area contributed by atoms with Gasteiger partial charge in [0.25, 0.3) is 0 Å². The lowest BCUT2D eigenvalue weighted by atomic mass is 10.0. The zero-order valence-electron chi connectivity index (χ0n) is 40.9. The van der Waals surface area contributed by atoms with E-state index in [1.165, 1.54) is 157 Å². The van der Waals surface area contributed by atoms with E-state index < -0.39 is 0 Å². The SMILES string of the molecule is CCCCN(CCCC)c1ccc(-c2ccc(-c3cc(-c4ccc(-c5ccc(N(CCCC)CCCC)cc5)s4)cc(-c4ccc(-c5ccc(N(CCCC)CCCC)cc5)s4)c3)s2)cc1. The number of unbranched alkanes of at least 4 members (excludes halogenated alkanes) is 6. The van der Waals surface area contributed by atoms with Crippen LogP contribution in [-0.2, 0) is 0 Å². The Hall–Kier alpha value is -4.62. The van der Waals surface area contributed by atoms with E-state index in [1.807, 2.05) is 34.0 Å². The summed E-state index contributed by atoms with van der Waals surface area (Å²) in [6, 6.07) is 49.3. The van der Waals surface area contributed by atoms with Gasteiger partial charge in [-0.1, -0.05) is 116 Å². The first-order valence-corrected chi connectivity index (χ1v) is 27.9. The predicted octanol–water partition coefficient (Wildman–Crippen LogP) is 19.1. The zero-order chi connectivity index (χ0) is 46.1. The molecule has 0 N–H and O–H groups in total. The molecule has 0 saturated heterocycles. The number of hydrogen-bond acceptors (Lipinski definition) is 6. The minimum absolute atomic E-state index is 1.13. The maximum atomic E-state index is 2.58. The minimum atomic E-state index is 1.13. The van der Waals surface area contributed by atoms with Crippen molar-refractivity contribution in [3.8, 4) is 62.6 Å². The molecule has 0 saturated carbocycles. The molecule has 4 aromatic carbocycles. The Morgan fingerprint density at radius 2 is 0.455 bits per heavy atom. The first-order valence-electron chi connectivity index (χ1n) is 25.5. The maximum absolute atomic E-state index is 2.58. The molecule has 0 amide bonds. The summed E-state index contributed by atoms with van der Waals surface area (Å²) >= 11 is 5.71. The lowest BCUT2D eigenvalue weighted by Crippen LogP contribution is -2.25. The normalized spacial score (nSPS) is 11.4. The summed E-state index contributed by atoms with van der Waals surface area (Å²) in [5.41, 5.74) is 11.7. The van der Waals surface area contributed by atoms with Crippen molar-refractivity contribution in [2.75, 3.05) is 54.0 Å². The standard InChI is InChI=1S/C60H75N3S3/c1-7-13-37-61(38-14-8-2)52-25-19-46(20-26-52)55-31-34-58(64-55)49-43-50(59-35-32-56(65-59)47-21-27-53(28-22-47)62(39-15-9-3)40-16-10-4)45-51(44-49)60-36-33-57(66-60)48-23-29-54(30-24-48)63(41-17-11-5)42-18-12-6/h19-36,43-45H,7-18,37-42H2,1-6H3. The summed E-state index contributed by atoms with van der Waals surface area (Å²) in [4.78, 5) is 15.6. The van der Waals surface area contributed by atoms with Gasteiger partial charge in [0.15, 0.2) is 0 Å². The second kappa shape index (κ2) is 25.5. The van der Waals surface area contributed by atoms with Crippen molar-refractivity contribution in [3.05, 3.63) is 127 Å². The summed E-state index contributed by atoms with van der Waals surface area (Å²) < 4.78 is 0. The number of thiophene rings is 3. The third-order valence-corrected chi connectivity index (χ3v) is 16.4. The number of benzene rings is 4. The van der Waals surface area contributed by atoms with Gasteiger partial charge in [0, 0.05) is 85.6 Å². The quantitative estimate of drug-likeness (QED) is 0.0509. The van der Waals surface area contributed by atoms with Crippen LogP contribution in [0.4, 0.5) is 17.1 Å². The van der Waals surface area contributed by atoms with E-state index in [4.69, 9.17) is 0 Å². The van der Waals surface area contributed by atoms with Crippen LogP contribution in [0.25, 0.3) is 62.6 Å². The van der Waals surface area contributed by atoms with Crippen molar-refractivity contribution < 1.29 is 0 Å². The van der Waals surface area contributed by atoms with Gasteiger partial charge in [0.2, 0.25) is 0 Å². The van der Waals surface area contributed by atoms with E-state index in [9.17, 15) is 0 Å². The number of hydrogen-bond donors (Lipinski definition) is 0. The van der Waals surface area contributed by atoms with Crippen LogP contribution in [0, 0.1) is 0 Å². The molecular formula is C60H75N3S3. The van der Waals surface area contributed by atoms with Gasteiger partial charge in [-0.3, -0.25) is 0 Å². The lowest BCUT2D eigenvalue weighted by molar-refractivity contribution is 0.678. The van der Waals surface area contributed by atoms with Gasteiger partial charge in [-0.25, -0.2) is 0 Å². The van der Waals surface area contributed by atoms with Crippen molar-refractivity contribution >= 4 is 51.1 Å². The van der Waals surface area contributed by atoms with E-state index in [0.29, 0.717) is 0 Å². The van der Waals surface area contributed by atoms with Gasteiger partial charge in [-0.15, -0.1) is 34.0 Å². The summed E-state index contributed by atoms with van der Waals surface area (Å²) in [5.74, 6) is 0. The molecule has 0 atom stereocenters. The van der Waals surface area contributed by atoms with Crippen molar-refractivity contribution in [3.63, 3.8) is 0 Å². The topological polar surface area (TPSA) is 9.72 Å². The van der Waals surface area contributed by atoms with Crippen molar-refractivity contribution in [1.82, 2.24) is 0 Å². The molecule has 0 radical (unpaired) electrons. The molecule has 0 unspecified atom stereocenters. The largest absolute Gasteiger partial charge is 0.372 e. The molecule has 6 heteroatoms. The third-order valence-electron chi connectivity index (χ3n) is 12.8. The molecule has 0 spiro atoms. The molecule has 66 heavy (non-hydrogen) atoms. The van der Waals surface area contributed by atoms with Crippen LogP contribution in [0.15, 0.2) is 127 Å². The molecule has 0 aliphatic heterocycles. The van der Waals surface area contributed by atoms with Crippen LogP contribution in [0.5, 0.6) is 0 Å². The highest BCUT2D eigenvalue weighted by Gasteiger charge is 2.16. The zero-order valence-corrected chi connectivity index (χ0v) is 43.4. The molecule has 348 valence electrons. The molecule has 7 rings (SSSR count). The third kappa shape index (κ3) is 13.1. The van der Waals surface area contributed by atoms with Gasteiger partial charge in [-0.2, -0.15) is 0 Å². The van der Waals surface area contributed by atoms with Gasteiger partial charge in [-0.05, 0) is 163 Å². The fourth-order valence-corrected chi connectivity index (χ4v) is 11.7. The van der Waals surface area contributed by atoms with Crippen molar-refractivity contribution in [2.45, 2.75) is 119 Å². The van der Waals surface area contributed by atoms with Gasteiger partial charge < -0.3 is 14.7 Å². The van der Waals surface area contributed by atoms with Crippen molar-refractivity contribution in [2.24, 2.45) is 0 Å². The average Bonchev–Trinajstić information content (AvgIpc) is 4.18. The Labute approximate surface area is 411 Å². The summed E-state index contributed by atoms with van der Waals surface area (Å²) in [6.07, 6.45) is 14.7. The predicted molar refractivity (Wildman–Crippen MR) is 299 cm³/mol. The van der Waals surface area contributed by atoms with Gasteiger partial charge in [0.05, 0.1) is 0 Å². The molecule has 0 aliphatic rings. The monoisotopic (exact) mass is 934 g/mol. The Kier molecular flexibility index (Phi) is 19.0. The minimum Gasteiger partial charge on any atom is -0.372 e. The molecular weight excluding hydrogens is 859 g/mol. The maximum Gasteiger partial charge on any atom is 0.0366 e. The number of rotatable bonds is 27. The summed E-state index contributed by atoms with van der Waals surface area (Å²) in [7, 11) is 0. The van der Waals surface area contributed by atoms with E-state index in [2.05, 4.69) is 184 Å². The van der Waals surface area contributed by atoms with E-state index in [0.717, 1.165) is 39.3 Å². The molecule has 3 aromatic heterocycles. The highest BCUT2D eigenvalue weighted by Crippen LogP contribution is 2.44. The van der Waals surface area contributed by atoms with E-state index in [-0.39, 0.29) is 0 Å². The molecule has 3 nitrogen and oxygen atoms in total. The van der Waals surface area contributed by atoms with Crippen LogP contribution >= 0.6 is 34.0 Å². The smallest absolute Gasteiger partial charge is 0.0366 e. The first kappa shape index (κ1) is 49.3. The van der Waals surface area contributed by atoms with Crippen LogP contribution < -0.4 is 14.7 Å². The molecule has 0 aliphatic carbocycles. The molecule has 0 fully saturated rings. The highest BCUT2D eigenvalue weighted by atomic mass is 32.1. The highest BCUT2D eigenvalue weighted by molar-refractivity contribution is 7.19. The van der Waals surface area contributed by atoms with Crippen LogP contribution in [0.3, 0.4) is 0 Å². The Morgan fingerprint density at radius 1 is 0.258 bits per heavy atom. The molecule has 3 heterocycles. The Morgan fingerprint density at radius 3 is 0.652 bits per heavy atom. The fraction of sp³-hybridized carbons (Fsp3) is 0.400. The van der Waals surface area contributed by atoms with E-state index >= 15 is 0 Å². The Bertz CT molecular complexity index is 2160. The van der Waals surface area contributed by atoms with Crippen LogP contribution in [-0.4, -0.2) is 39.3 Å². The average molecular weight is 934 g/mol.